The molecular formula is C18H17F2NO3. The van der Waals surface area contributed by atoms with E-state index in [1.807, 2.05) is 0 Å². The molecule has 0 bridgehead atoms. The Kier molecular flexibility index (Phi) is 4.38. The maximum Gasteiger partial charge on any atom is 0.224 e. The van der Waals surface area contributed by atoms with Crippen LogP contribution in [0.1, 0.15) is 23.5 Å². The van der Waals surface area contributed by atoms with Crippen LogP contribution in [0.2, 0.25) is 0 Å². The van der Waals surface area contributed by atoms with Gasteiger partial charge in [-0.3, -0.25) is 4.79 Å². The number of carbonyl (C=O) groups is 1. The summed E-state index contributed by atoms with van der Waals surface area (Å²) in [6.45, 7) is 0.241. The lowest BCUT2D eigenvalue weighted by molar-refractivity contribution is -0.122. The first-order chi connectivity index (χ1) is 11.5. The van der Waals surface area contributed by atoms with Gasteiger partial charge in [-0.05, 0) is 53.8 Å². The fourth-order valence-electron chi connectivity index (χ4n) is 2.79. The number of rotatable bonds is 5. The van der Waals surface area contributed by atoms with E-state index in [0.717, 1.165) is 23.8 Å². The van der Waals surface area contributed by atoms with Crippen molar-refractivity contribution in [3.63, 3.8) is 0 Å². The number of hydrogen-bond donors (Lipinski definition) is 2. The largest absolute Gasteiger partial charge is 0.504 e. The van der Waals surface area contributed by atoms with E-state index in [1.54, 1.807) is 12.1 Å². The van der Waals surface area contributed by atoms with E-state index in [9.17, 15) is 18.7 Å². The van der Waals surface area contributed by atoms with Crippen LogP contribution < -0.4 is 10.1 Å². The summed E-state index contributed by atoms with van der Waals surface area (Å²) < 4.78 is 31.9. The van der Waals surface area contributed by atoms with Gasteiger partial charge in [0, 0.05) is 12.5 Å². The lowest BCUT2D eigenvalue weighted by atomic mass is 10.1. The number of halogens is 2. The number of phenols is 1. The number of phenolic OH excluding ortho intramolecular Hbond substituents is 1. The zero-order valence-electron chi connectivity index (χ0n) is 13.1. The summed E-state index contributed by atoms with van der Waals surface area (Å²) in [5, 5.41) is 12.5. The first kappa shape index (κ1) is 16.2. The van der Waals surface area contributed by atoms with Gasteiger partial charge in [-0.1, -0.05) is 6.07 Å². The number of aromatic hydroxyl groups is 1. The molecule has 0 spiro atoms. The molecule has 2 atom stereocenters. The molecule has 1 saturated carbocycles. The lowest BCUT2D eigenvalue weighted by Gasteiger charge is -2.08. The van der Waals surface area contributed by atoms with Gasteiger partial charge in [0.15, 0.2) is 11.5 Å². The average molecular weight is 333 g/mol. The van der Waals surface area contributed by atoms with E-state index in [1.165, 1.54) is 13.2 Å². The van der Waals surface area contributed by atoms with Crippen LogP contribution in [0.5, 0.6) is 11.5 Å². The summed E-state index contributed by atoms with van der Waals surface area (Å²) >= 11 is 0. The van der Waals surface area contributed by atoms with E-state index in [4.69, 9.17) is 4.74 Å². The Bertz CT molecular complexity index is 779. The monoisotopic (exact) mass is 333 g/mol. The Morgan fingerprint density at radius 1 is 1.29 bits per heavy atom. The molecule has 1 aliphatic carbocycles. The second-order valence-electron chi connectivity index (χ2n) is 5.84. The van der Waals surface area contributed by atoms with Gasteiger partial charge in [-0.2, -0.15) is 0 Å². The Labute approximate surface area is 138 Å². The van der Waals surface area contributed by atoms with Crippen LogP contribution in [0.25, 0.3) is 0 Å². The van der Waals surface area contributed by atoms with Gasteiger partial charge in [-0.25, -0.2) is 8.78 Å². The van der Waals surface area contributed by atoms with E-state index in [2.05, 4.69) is 5.32 Å². The molecule has 0 aliphatic heterocycles. The van der Waals surface area contributed by atoms with E-state index in [-0.39, 0.29) is 35.6 Å². The molecule has 3 rings (SSSR count). The van der Waals surface area contributed by atoms with Crippen molar-refractivity contribution < 1.29 is 23.4 Å². The highest BCUT2D eigenvalue weighted by atomic mass is 19.1. The highest BCUT2D eigenvalue weighted by molar-refractivity contribution is 5.82. The number of ether oxygens (including phenoxy) is 1. The maximum atomic E-state index is 13.7. The van der Waals surface area contributed by atoms with Gasteiger partial charge >= 0.3 is 0 Å². The summed E-state index contributed by atoms with van der Waals surface area (Å²) in [6.07, 6.45) is 0.500. The van der Waals surface area contributed by atoms with Crippen LogP contribution in [0, 0.1) is 17.6 Å². The third-order valence-electron chi connectivity index (χ3n) is 4.19. The zero-order chi connectivity index (χ0) is 17.3. The first-order valence-electron chi connectivity index (χ1n) is 7.58. The molecule has 6 heteroatoms. The van der Waals surface area contributed by atoms with Crippen molar-refractivity contribution in [2.45, 2.75) is 18.9 Å². The van der Waals surface area contributed by atoms with Gasteiger partial charge in [-0.15, -0.1) is 0 Å². The van der Waals surface area contributed by atoms with Crippen molar-refractivity contribution in [2.75, 3.05) is 7.11 Å². The van der Waals surface area contributed by atoms with Crippen LogP contribution in [0.4, 0.5) is 8.78 Å². The molecule has 4 nitrogen and oxygen atoms in total. The smallest absolute Gasteiger partial charge is 0.224 e. The number of hydrogen-bond acceptors (Lipinski definition) is 3. The molecule has 1 fully saturated rings. The molecule has 0 unspecified atom stereocenters. The minimum Gasteiger partial charge on any atom is -0.504 e. The fraction of sp³-hybridized carbons (Fsp3) is 0.278. The van der Waals surface area contributed by atoms with Crippen molar-refractivity contribution in [3.8, 4) is 11.5 Å². The predicted molar refractivity (Wildman–Crippen MR) is 83.7 cm³/mol. The zero-order valence-corrected chi connectivity index (χ0v) is 13.1. The Morgan fingerprint density at radius 3 is 2.79 bits per heavy atom. The number of amides is 1. The standard InChI is InChI=1S/C18H17F2NO3/c1-24-17-5-2-10(6-16(17)22)9-21-18(23)14-8-12(14)13-7-11(19)3-4-15(13)20/h2-7,12,14,22H,8-9H2,1H3,(H,21,23)/t12-,14-/m0/s1. The van der Waals surface area contributed by atoms with E-state index < -0.39 is 11.6 Å². The SMILES string of the molecule is COc1ccc(CNC(=O)[C@H]2C[C@H]2c2cc(F)ccc2F)cc1O. The molecule has 0 aromatic heterocycles. The summed E-state index contributed by atoms with van der Waals surface area (Å²) in [5.41, 5.74) is 0.966. The Balaban J connectivity index is 1.59. The van der Waals surface area contributed by atoms with Crippen molar-refractivity contribution in [1.82, 2.24) is 5.32 Å². The third kappa shape index (κ3) is 3.32. The molecule has 0 saturated heterocycles. The molecule has 1 aliphatic rings. The molecule has 2 aromatic carbocycles. The molecule has 1 amide bonds. The van der Waals surface area contributed by atoms with Gasteiger partial charge in [0.1, 0.15) is 11.6 Å². The highest BCUT2D eigenvalue weighted by Crippen LogP contribution is 2.48. The second kappa shape index (κ2) is 6.47. The summed E-state index contributed by atoms with van der Waals surface area (Å²) in [5.74, 6) is -1.50. The first-order valence-corrected chi connectivity index (χ1v) is 7.58. The average Bonchev–Trinajstić information content (AvgIpc) is 3.35. The van der Waals surface area contributed by atoms with Crippen LogP contribution >= 0.6 is 0 Å². The van der Waals surface area contributed by atoms with Crippen LogP contribution in [-0.2, 0) is 11.3 Å². The van der Waals surface area contributed by atoms with E-state index >= 15 is 0 Å². The Hall–Kier alpha value is -2.63. The Morgan fingerprint density at radius 2 is 2.08 bits per heavy atom. The van der Waals surface area contributed by atoms with Crippen LogP contribution in [0.3, 0.4) is 0 Å². The molecule has 2 aromatic rings. The normalized spacial score (nSPS) is 19.0. The summed E-state index contributed by atoms with van der Waals surface area (Å²) in [7, 11) is 1.45. The minimum absolute atomic E-state index is 0.00428. The minimum atomic E-state index is -0.508. The molecule has 0 heterocycles. The number of methoxy groups -OCH3 is 1. The molecule has 126 valence electrons. The number of carbonyl (C=O) groups excluding carboxylic acids is 1. The molecule has 0 radical (unpaired) electrons. The lowest BCUT2D eigenvalue weighted by Crippen LogP contribution is -2.24. The van der Waals surface area contributed by atoms with Crippen molar-refractivity contribution in [1.29, 1.82) is 0 Å². The number of nitrogens with one attached hydrogen (secondary N) is 1. The fourth-order valence-corrected chi connectivity index (χ4v) is 2.79. The quantitative estimate of drug-likeness (QED) is 0.884. The maximum absolute atomic E-state index is 13.7. The van der Waals surface area contributed by atoms with Gasteiger partial charge in [0.25, 0.3) is 0 Å². The molecule has 2 N–H and O–H groups in total. The molecular weight excluding hydrogens is 316 g/mol. The van der Waals surface area contributed by atoms with Crippen molar-refractivity contribution >= 4 is 5.91 Å². The van der Waals surface area contributed by atoms with Gasteiger partial charge < -0.3 is 15.2 Å². The summed E-state index contributed by atoms with van der Waals surface area (Å²) in [6, 6.07) is 8.14. The van der Waals surface area contributed by atoms with Crippen LogP contribution in [-0.4, -0.2) is 18.1 Å². The number of benzene rings is 2. The van der Waals surface area contributed by atoms with Gasteiger partial charge in [0.05, 0.1) is 7.11 Å². The van der Waals surface area contributed by atoms with Crippen molar-refractivity contribution in [2.24, 2.45) is 5.92 Å². The van der Waals surface area contributed by atoms with E-state index in [0.29, 0.717) is 12.2 Å². The topological polar surface area (TPSA) is 58.6 Å². The third-order valence-corrected chi connectivity index (χ3v) is 4.19. The molecule has 24 heavy (non-hydrogen) atoms. The predicted octanol–water partition coefficient (Wildman–Crippen LogP) is 3.10. The van der Waals surface area contributed by atoms with Gasteiger partial charge in [0.2, 0.25) is 5.91 Å². The summed E-state index contributed by atoms with van der Waals surface area (Å²) in [4.78, 5) is 12.2. The highest BCUT2D eigenvalue weighted by Gasteiger charge is 2.45. The second-order valence-corrected chi connectivity index (χ2v) is 5.84. The van der Waals surface area contributed by atoms with Crippen molar-refractivity contribution in [3.05, 3.63) is 59.2 Å². The van der Waals surface area contributed by atoms with Crippen LogP contribution in [0.15, 0.2) is 36.4 Å².